The van der Waals surface area contributed by atoms with E-state index in [1.165, 1.54) is 12.8 Å². The van der Waals surface area contributed by atoms with Crippen LogP contribution in [0.15, 0.2) is 0 Å². The summed E-state index contributed by atoms with van der Waals surface area (Å²) in [5.74, 6) is 2.33. The van der Waals surface area contributed by atoms with Crippen LogP contribution in [-0.4, -0.2) is 17.1 Å². The molecule has 1 saturated carbocycles. The smallest absolute Gasteiger partial charge is 0.221 e. The summed E-state index contributed by atoms with van der Waals surface area (Å²) in [5.41, 5.74) is 2.26. The van der Waals surface area contributed by atoms with Gasteiger partial charge in [-0.1, -0.05) is 0 Å². The molecule has 1 N–H and O–H groups in total. The fraction of sp³-hybridized carbons (Fsp3) is 0.600. The molecule has 0 amide bonds. The Morgan fingerprint density at radius 2 is 2.07 bits per heavy atom. The van der Waals surface area contributed by atoms with Crippen LogP contribution < -0.4 is 10.1 Å². The molecule has 0 atom stereocenters. The fourth-order valence-corrected chi connectivity index (χ4v) is 1.85. The van der Waals surface area contributed by atoms with Gasteiger partial charge < -0.3 is 10.1 Å². The molecule has 1 aromatic rings. The highest BCUT2D eigenvalue weighted by Gasteiger charge is 2.29. The number of aromatic nitrogens is 2. The average Bonchev–Trinajstić information content (AvgIpc) is 2.95. The number of halogens is 1. The molecule has 15 heavy (non-hydrogen) atoms. The standard InChI is InChI=1S/C10H13N3O.ClH/c1-14-10-7-4-11-5-8(7)12-9(13-10)6-2-3-6;/h6,11H,2-5H2,1H3;1H. The number of nitrogens with zero attached hydrogens (tertiary/aromatic N) is 2. The van der Waals surface area contributed by atoms with Crippen molar-refractivity contribution < 1.29 is 4.74 Å². The average molecular weight is 228 g/mol. The number of rotatable bonds is 2. The summed E-state index contributed by atoms with van der Waals surface area (Å²) >= 11 is 0. The summed E-state index contributed by atoms with van der Waals surface area (Å²) in [7, 11) is 1.68. The minimum atomic E-state index is 0. The summed E-state index contributed by atoms with van der Waals surface area (Å²) < 4.78 is 5.28. The number of fused-ring (bicyclic) bond motifs is 1. The molecule has 1 aliphatic carbocycles. The van der Waals surface area contributed by atoms with E-state index in [1.54, 1.807) is 7.11 Å². The summed E-state index contributed by atoms with van der Waals surface area (Å²) in [6.07, 6.45) is 2.46. The molecule has 4 nitrogen and oxygen atoms in total. The Bertz CT molecular complexity index is 379. The molecule has 0 bridgehead atoms. The molecule has 1 aliphatic heterocycles. The molecular formula is C10H14ClN3O. The molecule has 5 heteroatoms. The Kier molecular flexibility index (Phi) is 2.80. The van der Waals surface area contributed by atoms with Gasteiger partial charge in [0.1, 0.15) is 5.82 Å². The van der Waals surface area contributed by atoms with Gasteiger partial charge in [-0.25, -0.2) is 4.98 Å². The maximum atomic E-state index is 5.28. The highest BCUT2D eigenvalue weighted by molar-refractivity contribution is 5.85. The number of nitrogens with one attached hydrogen (secondary N) is 1. The van der Waals surface area contributed by atoms with Crippen LogP contribution in [0.25, 0.3) is 0 Å². The zero-order valence-corrected chi connectivity index (χ0v) is 9.43. The minimum Gasteiger partial charge on any atom is -0.481 e. The largest absolute Gasteiger partial charge is 0.481 e. The van der Waals surface area contributed by atoms with Crippen LogP contribution in [0.3, 0.4) is 0 Å². The van der Waals surface area contributed by atoms with Crippen molar-refractivity contribution in [1.29, 1.82) is 0 Å². The third-order valence-corrected chi connectivity index (χ3v) is 2.80. The van der Waals surface area contributed by atoms with E-state index >= 15 is 0 Å². The zero-order valence-electron chi connectivity index (χ0n) is 8.62. The normalized spacial score (nSPS) is 18.2. The van der Waals surface area contributed by atoms with E-state index in [2.05, 4.69) is 15.3 Å². The van der Waals surface area contributed by atoms with Crippen LogP contribution in [0.5, 0.6) is 5.88 Å². The van der Waals surface area contributed by atoms with Gasteiger partial charge >= 0.3 is 0 Å². The highest BCUT2D eigenvalue weighted by atomic mass is 35.5. The molecule has 3 rings (SSSR count). The van der Waals surface area contributed by atoms with E-state index < -0.39 is 0 Å². The lowest BCUT2D eigenvalue weighted by Gasteiger charge is -2.06. The van der Waals surface area contributed by atoms with Crippen molar-refractivity contribution in [2.75, 3.05) is 7.11 Å². The second-order valence-electron chi connectivity index (χ2n) is 3.89. The predicted octanol–water partition coefficient (Wildman–Crippen LogP) is 1.39. The molecule has 2 heterocycles. The van der Waals surface area contributed by atoms with Crippen LogP contribution >= 0.6 is 12.4 Å². The lowest BCUT2D eigenvalue weighted by Crippen LogP contribution is -2.02. The van der Waals surface area contributed by atoms with Gasteiger partial charge in [0.2, 0.25) is 5.88 Å². The van der Waals surface area contributed by atoms with Gasteiger partial charge in [0.15, 0.2) is 0 Å². The van der Waals surface area contributed by atoms with Crippen LogP contribution in [0.1, 0.15) is 35.8 Å². The van der Waals surface area contributed by atoms with Gasteiger partial charge in [0.25, 0.3) is 0 Å². The summed E-state index contributed by atoms with van der Waals surface area (Å²) in [6.45, 7) is 1.69. The first-order chi connectivity index (χ1) is 6.88. The Morgan fingerprint density at radius 1 is 1.27 bits per heavy atom. The van der Waals surface area contributed by atoms with E-state index in [0.29, 0.717) is 5.92 Å². The van der Waals surface area contributed by atoms with Crippen molar-refractivity contribution >= 4 is 12.4 Å². The maximum Gasteiger partial charge on any atom is 0.221 e. The van der Waals surface area contributed by atoms with Gasteiger partial charge in [0.05, 0.1) is 18.4 Å². The molecule has 82 valence electrons. The lowest BCUT2D eigenvalue weighted by atomic mass is 10.2. The fourth-order valence-electron chi connectivity index (χ4n) is 1.85. The molecule has 0 radical (unpaired) electrons. The van der Waals surface area contributed by atoms with E-state index in [-0.39, 0.29) is 12.4 Å². The molecule has 0 saturated heterocycles. The van der Waals surface area contributed by atoms with Crippen molar-refractivity contribution in [3.8, 4) is 5.88 Å². The lowest BCUT2D eigenvalue weighted by molar-refractivity contribution is 0.389. The Morgan fingerprint density at radius 3 is 2.73 bits per heavy atom. The van der Waals surface area contributed by atoms with Gasteiger partial charge in [-0.05, 0) is 12.8 Å². The van der Waals surface area contributed by atoms with E-state index in [0.717, 1.165) is 36.1 Å². The van der Waals surface area contributed by atoms with Crippen molar-refractivity contribution in [3.05, 3.63) is 17.1 Å². The Labute approximate surface area is 94.9 Å². The van der Waals surface area contributed by atoms with Gasteiger partial charge in [-0.3, -0.25) is 0 Å². The first-order valence-electron chi connectivity index (χ1n) is 5.03. The minimum absolute atomic E-state index is 0. The summed E-state index contributed by atoms with van der Waals surface area (Å²) in [5, 5.41) is 3.27. The summed E-state index contributed by atoms with van der Waals surface area (Å²) in [6, 6.07) is 0. The quantitative estimate of drug-likeness (QED) is 0.830. The number of hydrogen-bond acceptors (Lipinski definition) is 4. The third-order valence-electron chi connectivity index (χ3n) is 2.80. The molecule has 1 aromatic heterocycles. The van der Waals surface area contributed by atoms with Gasteiger partial charge in [0, 0.05) is 19.0 Å². The van der Waals surface area contributed by atoms with E-state index in [4.69, 9.17) is 4.74 Å². The number of methoxy groups -OCH3 is 1. The van der Waals surface area contributed by atoms with Crippen molar-refractivity contribution in [2.24, 2.45) is 0 Å². The molecule has 2 aliphatic rings. The van der Waals surface area contributed by atoms with Crippen LogP contribution in [0.2, 0.25) is 0 Å². The molecule has 0 aromatic carbocycles. The van der Waals surface area contributed by atoms with Gasteiger partial charge in [-0.15, -0.1) is 12.4 Å². The van der Waals surface area contributed by atoms with Crippen LogP contribution in [-0.2, 0) is 13.1 Å². The number of hydrogen-bond donors (Lipinski definition) is 1. The molecule has 1 fully saturated rings. The zero-order chi connectivity index (χ0) is 9.54. The Hall–Kier alpha value is -0.870. The van der Waals surface area contributed by atoms with Crippen LogP contribution in [0, 0.1) is 0 Å². The Balaban J connectivity index is 0.000000853. The van der Waals surface area contributed by atoms with Gasteiger partial charge in [-0.2, -0.15) is 4.98 Å². The first kappa shape index (κ1) is 10.6. The highest BCUT2D eigenvalue weighted by Crippen LogP contribution is 2.39. The monoisotopic (exact) mass is 227 g/mol. The third kappa shape index (κ3) is 1.79. The van der Waals surface area contributed by atoms with E-state index in [9.17, 15) is 0 Å². The van der Waals surface area contributed by atoms with E-state index in [1.807, 2.05) is 0 Å². The molecule has 0 spiro atoms. The number of ether oxygens (including phenoxy) is 1. The molecular weight excluding hydrogens is 214 g/mol. The first-order valence-corrected chi connectivity index (χ1v) is 5.03. The predicted molar refractivity (Wildman–Crippen MR) is 58.4 cm³/mol. The maximum absolute atomic E-state index is 5.28. The second kappa shape index (κ2) is 3.94. The summed E-state index contributed by atoms with van der Waals surface area (Å²) in [4.78, 5) is 9.02. The SMILES string of the molecule is COc1nc(C2CC2)nc2c1CNC2.Cl. The molecule has 0 unspecified atom stereocenters. The van der Waals surface area contributed by atoms with Crippen molar-refractivity contribution in [1.82, 2.24) is 15.3 Å². The topological polar surface area (TPSA) is 47.0 Å². The van der Waals surface area contributed by atoms with Crippen molar-refractivity contribution in [3.63, 3.8) is 0 Å². The van der Waals surface area contributed by atoms with Crippen LogP contribution in [0.4, 0.5) is 0 Å². The second-order valence-corrected chi connectivity index (χ2v) is 3.89. The van der Waals surface area contributed by atoms with Crippen molar-refractivity contribution in [2.45, 2.75) is 31.8 Å².